The van der Waals surface area contributed by atoms with Crippen LogP contribution in [0.2, 0.25) is 0 Å². The van der Waals surface area contributed by atoms with Gasteiger partial charge in [-0.15, -0.1) is 0 Å². The van der Waals surface area contributed by atoms with Crippen LogP contribution in [0.4, 0.5) is 0 Å². The molecular formula is C13H13BrN2O. The third kappa shape index (κ3) is 3.54. The van der Waals surface area contributed by atoms with Crippen molar-refractivity contribution in [2.24, 2.45) is 5.73 Å². The minimum absolute atomic E-state index is 0.454. The van der Waals surface area contributed by atoms with Crippen LogP contribution in [-0.2, 0) is 13.2 Å². The highest BCUT2D eigenvalue weighted by molar-refractivity contribution is 9.10. The number of pyridine rings is 1. The highest BCUT2D eigenvalue weighted by Crippen LogP contribution is 2.17. The van der Waals surface area contributed by atoms with Crippen molar-refractivity contribution in [2.75, 3.05) is 0 Å². The summed E-state index contributed by atoms with van der Waals surface area (Å²) < 4.78 is 6.66. The topological polar surface area (TPSA) is 48.1 Å². The van der Waals surface area contributed by atoms with Crippen LogP contribution in [0.15, 0.2) is 47.1 Å². The van der Waals surface area contributed by atoms with Gasteiger partial charge in [-0.2, -0.15) is 0 Å². The van der Waals surface area contributed by atoms with E-state index in [1.54, 1.807) is 6.20 Å². The molecule has 3 nitrogen and oxygen atoms in total. The summed E-state index contributed by atoms with van der Waals surface area (Å²) in [5.74, 6) is 0.827. The Morgan fingerprint density at radius 3 is 2.65 bits per heavy atom. The van der Waals surface area contributed by atoms with Crippen LogP contribution < -0.4 is 10.5 Å². The lowest BCUT2D eigenvalue weighted by Crippen LogP contribution is -2.02. The van der Waals surface area contributed by atoms with E-state index in [0.717, 1.165) is 21.5 Å². The SMILES string of the molecule is NCc1ccnc(COc2ccc(Br)cc2)c1. The van der Waals surface area contributed by atoms with Crippen molar-refractivity contribution in [2.45, 2.75) is 13.2 Å². The maximum absolute atomic E-state index is 5.62. The van der Waals surface area contributed by atoms with E-state index in [9.17, 15) is 0 Å². The van der Waals surface area contributed by atoms with Gasteiger partial charge in [-0.25, -0.2) is 0 Å². The minimum Gasteiger partial charge on any atom is -0.487 e. The minimum atomic E-state index is 0.454. The van der Waals surface area contributed by atoms with Gasteiger partial charge in [0.15, 0.2) is 0 Å². The lowest BCUT2D eigenvalue weighted by molar-refractivity contribution is 0.301. The van der Waals surface area contributed by atoms with E-state index in [2.05, 4.69) is 20.9 Å². The number of nitrogens with zero attached hydrogens (tertiary/aromatic N) is 1. The average molecular weight is 293 g/mol. The third-order valence-corrected chi connectivity index (χ3v) is 2.85. The molecule has 0 unspecified atom stereocenters. The molecule has 2 rings (SSSR count). The van der Waals surface area contributed by atoms with Crippen LogP contribution in [0.25, 0.3) is 0 Å². The van der Waals surface area contributed by atoms with E-state index in [4.69, 9.17) is 10.5 Å². The predicted octanol–water partition coefficient (Wildman–Crippen LogP) is 2.88. The Bertz CT molecular complexity index is 485. The molecule has 0 fully saturated rings. The van der Waals surface area contributed by atoms with Gasteiger partial charge in [-0.3, -0.25) is 4.98 Å². The molecule has 2 N–H and O–H groups in total. The number of hydrogen-bond acceptors (Lipinski definition) is 3. The number of ether oxygens (including phenoxy) is 1. The van der Waals surface area contributed by atoms with E-state index in [1.807, 2.05) is 36.4 Å². The summed E-state index contributed by atoms with van der Waals surface area (Å²) in [5, 5.41) is 0. The fourth-order valence-corrected chi connectivity index (χ4v) is 1.69. The van der Waals surface area contributed by atoms with Crippen molar-refractivity contribution in [3.05, 3.63) is 58.3 Å². The predicted molar refractivity (Wildman–Crippen MR) is 70.6 cm³/mol. The lowest BCUT2D eigenvalue weighted by atomic mass is 10.2. The first-order chi connectivity index (χ1) is 8.28. The van der Waals surface area contributed by atoms with Gasteiger partial charge in [-0.05, 0) is 42.0 Å². The Morgan fingerprint density at radius 1 is 1.18 bits per heavy atom. The molecule has 0 aliphatic rings. The monoisotopic (exact) mass is 292 g/mol. The zero-order valence-corrected chi connectivity index (χ0v) is 10.9. The second-order valence-corrected chi connectivity index (χ2v) is 4.52. The van der Waals surface area contributed by atoms with Gasteiger partial charge >= 0.3 is 0 Å². The number of nitrogens with two attached hydrogens (primary N) is 1. The quantitative estimate of drug-likeness (QED) is 0.943. The van der Waals surface area contributed by atoms with Crippen LogP contribution in [0.5, 0.6) is 5.75 Å². The van der Waals surface area contributed by atoms with Crippen LogP contribution in [-0.4, -0.2) is 4.98 Å². The summed E-state index contributed by atoms with van der Waals surface area (Å²) in [6, 6.07) is 11.6. The molecule has 1 aromatic heterocycles. The Labute approximate surface area is 109 Å². The molecule has 0 saturated heterocycles. The second-order valence-electron chi connectivity index (χ2n) is 3.60. The number of benzene rings is 1. The molecule has 0 atom stereocenters. The van der Waals surface area contributed by atoms with Crippen molar-refractivity contribution in [1.82, 2.24) is 4.98 Å². The second kappa shape index (κ2) is 5.80. The molecule has 4 heteroatoms. The highest BCUT2D eigenvalue weighted by Gasteiger charge is 1.98. The third-order valence-electron chi connectivity index (χ3n) is 2.32. The first kappa shape index (κ1) is 12.1. The number of halogens is 1. The zero-order chi connectivity index (χ0) is 12.1. The van der Waals surface area contributed by atoms with Gasteiger partial charge < -0.3 is 10.5 Å². The normalized spacial score (nSPS) is 10.2. The largest absolute Gasteiger partial charge is 0.487 e. The van der Waals surface area contributed by atoms with Crippen molar-refractivity contribution in [1.29, 1.82) is 0 Å². The van der Waals surface area contributed by atoms with Gasteiger partial charge in [0.2, 0.25) is 0 Å². The Kier molecular flexibility index (Phi) is 4.12. The maximum atomic E-state index is 5.62. The van der Waals surface area contributed by atoms with Gasteiger partial charge in [0.25, 0.3) is 0 Å². The standard InChI is InChI=1S/C13H13BrN2O/c14-11-1-3-13(4-2-11)17-9-12-7-10(8-15)5-6-16-12/h1-7H,8-9,15H2. The Morgan fingerprint density at radius 2 is 1.94 bits per heavy atom. The van der Waals surface area contributed by atoms with E-state index in [1.165, 1.54) is 0 Å². The molecule has 0 spiro atoms. The molecule has 0 amide bonds. The highest BCUT2D eigenvalue weighted by atomic mass is 79.9. The van der Waals surface area contributed by atoms with E-state index in [0.29, 0.717) is 13.2 Å². The fourth-order valence-electron chi connectivity index (χ4n) is 1.42. The molecule has 0 saturated carbocycles. The molecule has 1 aromatic carbocycles. The summed E-state index contributed by atoms with van der Waals surface area (Å²) >= 11 is 3.38. The van der Waals surface area contributed by atoms with Gasteiger partial charge in [-0.1, -0.05) is 15.9 Å². The van der Waals surface area contributed by atoms with E-state index < -0.39 is 0 Å². The molecule has 17 heavy (non-hydrogen) atoms. The summed E-state index contributed by atoms with van der Waals surface area (Å²) in [6.45, 7) is 0.975. The number of aromatic nitrogens is 1. The summed E-state index contributed by atoms with van der Waals surface area (Å²) in [4.78, 5) is 4.23. The average Bonchev–Trinajstić information content (AvgIpc) is 2.38. The molecule has 88 valence electrons. The fraction of sp³-hybridized carbons (Fsp3) is 0.154. The number of hydrogen-bond donors (Lipinski definition) is 1. The molecule has 0 aliphatic carbocycles. The van der Waals surface area contributed by atoms with Gasteiger partial charge in [0.1, 0.15) is 12.4 Å². The molecular weight excluding hydrogens is 280 g/mol. The molecule has 1 heterocycles. The van der Waals surface area contributed by atoms with Crippen molar-refractivity contribution in [3.63, 3.8) is 0 Å². The van der Waals surface area contributed by atoms with Crippen molar-refractivity contribution in [3.8, 4) is 5.75 Å². The zero-order valence-electron chi connectivity index (χ0n) is 9.27. The van der Waals surface area contributed by atoms with Crippen LogP contribution >= 0.6 is 15.9 Å². The summed E-state index contributed by atoms with van der Waals surface area (Å²) in [6.07, 6.45) is 1.75. The molecule has 0 radical (unpaired) electrons. The molecule has 0 bridgehead atoms. The van der Waals surface area contributed by atoms with Crippen molar-refractivity contribution < 1.29 is 4.74 Å². The lowest BCUT2D eigenvalue weighted by Gasteiger charge is -2.06. The van der Waals surface area contributed by atoms with Crippen LogP contribution in [0, 0.1) is 0 Å². The summed E-state index contributed by atoms with van der Waals surface area (Å²) in [5.41, 5.74) is 7.52. The van der Waals surface area contributed by atoms with Gasteiger partial charge in [0, 0.05) is 17.2 Å². The first-order valence-corrected chi connectivity index (χ1v) is 6.09. The smallest absolute Gasteiger partial charge is 0.130 e. The van der Waals surface area contributed by atoms with Gasteiger partial charge in [0.05, 0.1) is 5.69 Å². The Hall–Kier alpha value is -1.39. The van der Waals surface area contributed by atoms with E-state index in [-0.39, 0.29) is 0 Å². The van der Waals surface area contributed by atoms with Crippen molar-refractivity contribution >= 4 is 15.9 Å². The van der Waals surface area contributed by atoms with Crippen LogP contribution in [0.1, 0.15) is 11.3 Å². The number of rotatable bonds is 4. The van der Waals surface area contributed by atoms with Crippen LogP contribution in [0.3, 0.4) is 0 Å². The Balaban J connectivity index is 1.99. The molecule has 0 aliphatic heterocycles. The van der Waals surface area contributed by atoms with E-state index >= 15 is 0 Å². The molecule has 2 aromatic rings. The summed E-state index contributed by atoms with van der Waals surface area (Å²) in [7, 11) is 0. The maximum Gasteiger partial charge on any atom is 0.130 e. The first-order valence-electron chi connectivity index (χ1n) is 5.30.